The number of aromatic nitrogens is 1. The van der Waals surface area contributed by atoms with Crippen molar-refractivity contribution in [3.8, 4) is 0 Å². The Hall–Kier alpha value is -1.33. The molecule has 82 valence electrons. The van der Waals surface area contributed by atoms with Crippen LogP contribution in [0.3, 0.4) is 0 Å². The van der Waals surface area contributed by atoms with Gasteiger partial charge in [-0.25, -0.2) is 4.98 Å². The third kappa shape index (κ3) is 4.14. The summed E-state index contributed by atoms with van der Waals surface area (Å²) in [6.45, 7) is 0.493. The van der Waals surface area contributed by atoms with Crippen molar-refractivity contribution in [1.29, 1.82) is 0 Å². The van der Waals surface area contributed by atoms with Crippen molar-refractivity contribution in [1.82, 2.24) is 4.98 Å². The molecule has 3 N–H and O–H groups in total. The van der Waals surface area contributed by atoms with Gasteiger partial charge < -0.3 is 15.7 Å². The van der Waals surface area contributed by atoms with Crippen molar-refractivity contribution < 1.29 is 9.90 Å². The average Bonchev–Trinajstić information content (AvgIpc) is 2.28. The lowest BCUT2D eigenvalue weighted by Gasteiger charge is -2.05. The number of nitrogens with zero attached hydrogens (tertiary/aromatic N) is 1. The lowest BCUT2D eigenvalue weighted by Crippen LogP contribution is -2.13. The summed E-state index contributed by atoms with van der Waals surface area (Å²) in [5.74, 6) is 0.298. The van der Waals surface area contributed by atoms with Crippen molar-refractivity contribution >= 4 is 29.0 Å². The van der Waals surface area contributed by atoms with Crippen LogP contribution in [-0.2, 0) is 4.79 Å². The van der Waals surface area contributed by atoms with E-state index in [1.165, 1.54) is 6.20 Å². The molecule has 0 atom stereocenters. The third-order valence-electron chi connectivity index (χ3n) is 1.59. The second-order valence-corrected chi connectivity index (χ2v) is 3.03. The van der Waals surface area contributed by atoms with E-state index in [-0.39, 0.29) is 18.4 Å². The van der Waals surface area contributed by atoms with Gasteiger partial charge in [-0.2, -0.15) is 0 Å². The molecule has 1 aromatic rings. The van der Waals surface area contributed by atoms with Crippen LogP contribution >= 0.6 is 11.6 Å². The molecule has 1 aromatic heterocycles. The van der Waals surface area contributed by atoms with Crippen LogP contribution in [0.4, 0.5) is 11.5 Å². The maximum atomic E-state index is 10.9. The smallest absolute Gasteiger partial charge is 0.239 e. The quantitative estimate of drug-likeness (QED) is 0.649. The molecule has 0 aliphatic rings. The van der Waals surface area contributed by atoms with E-state index in [9.17, 15) is 4.79 Å². The van der Waals surface area contributed by atoms with E-state index in [2.05, 4.69) is 15.6 Å². The van der Waals surface area contributed by atoms with Crippen LogP contribution in [-0.4, -0.2) is 35.0 Å². The number of halogens is 1. The summed E-state index contributed by atoms with van der Waals surface area (Å²) in [6.07, 6.45) is 1.52. The van der Waals surface area contributed by atoms with Gasteiger partial charge >= 0.3 is 0 Å². The van der Waals surface area contributed by atoms with Crippen molar-refractivity contribution in [2.24, 2.45) is 0 Å². The molecule has 1 heterocycles. The number of pyridine rings is 1. The highest BCUT2D eigenvalue weighted by Gasteiger charge is 2.00. The largest absolute Gasteiger partial charge is 0.395 e. The fourth-order valence-electron chi connectivity index (χ4n) is 0.951. The van der Waals surface area contributed by atoms with E-state index in [1.54, 1.807) is 12.1 Å². The van der Waals surface area contributed by atoms with Gasteiger partial charge in [-0.3, -0.25) is 4.79 Å². The van der Waals surface area contributed by atoms with Gasteiger partial charge in [0.15, 0.2) is 0 Å². The van der Waals surface area contributed by atoms with Gasteiger partial charge in [0.05, 0.1) is 18.5 Å². The van der Waals surface area contributed by atoms with Gasteiger partial charge in [-0.05, 0) is 12.1 Å². The zero-order valence-electron chi connectivity index (χ0n) is 8.03. The molecular formula is C9H12ClN3O2. The fraction of sp³-hybridized carbons (Fsp3) is 0.333. The normalized spacial score (nSPS) is 9.73. The summed E-state index contributed by atoms with van der Waals surface area (Å²) in [4.78, 5) is 14.9. The average molecular weight is 230 g/mol. The molecule has 0 aliphatic carbocycles. The molecule has 15 heavy (non-hydrogen) atoms. The summed E-state index contributed by atoms with van der Waals surface area (Å²) in [7, 11) is 0. The van der Waals surface area contributed by atoms with Crippen molar-refractivity contribution in [3.05, 3.63) is 18.3 Å². The van der Waals surface area contributed by atoms with E-state index in [4.69, 9.17) is 16.7 Å². The lowest BCUT2D eigenvalue weighted by atomic mass is 10.4. The van der Waals surface area contributed by atoms with Crippen LogP contribution < -0.4 is 10.6 Å². The Balaban J connectivity index is 2.52. The predicted molar refractivity (Wildman–Crippen MR) is 59.2 cm³/mol. The number of hydrogen-bond donors (Lipinski definition) is 3. The zero-order chi connectivity index (χ0) is 11.1. The molecule has 6 heteroatoms. The maximum absolute atomic E-state index is 10.9. The predicted octanol–water partition coefficient (Wildman–Crippen LogP) is 0.663. The highest BCUT2D eigenvalue weighted by Crippen LogP contribution is 2.09. The number of alkyl halides is 1. The van der Waals surface area contributed by atoms with Gasteiger partial charge in [0.1, 0.15) is 11.7 Å². The molecule has 0 spiro atoms. The van der Waals surface area contributed by atoms with E-state index in [0.29, 0.717) is 18.1 Å². The number of amides is 1. The summed E-state index contributed by atoms with van der Waals surface area (Å²) in [5.41, 5.74) is 0.593. The number of aliphatic hydroxyl groups excluding tert-OH is 1. The van der Waals surface area contributed by atoms with Gasteiger partial charge in [0.2, 0.25) is 5.91 Å². The first-order chi connectivity index (χ1) is 7.26. The van der Waals surface area contributed by atoms with Crippen molar-refractivity contribution in [2.75, 3.05) is 29.7 Å². The van der Waals surface area contributed by atoms with E-state index >= 15 is 0 Å². The number of hydrogen-bond acceptors (Lipinski definition) is 4. The standard InChI is InChI=1S/C9H12ClN3O2/c10-5-9(15)13-7-1-2-8(12-6-7)11-3-4-14/h1-2,6,14H,3-5H2,(H,11,12)(H,13,15). The van der Waals surface area contributed by atoms with Crippen LogP contribution in [0.1, 0.15) is 0 Å². The van der Waals surface area contributed by atoms with E-state index in [0.717, 1.165) is 0 Å². The number of carbonyl (C=O) groups excluding carboxylic acids is 1. The Morgan fingerprint density at radius 2 is 2.33 bits per heavy atom. The SMILES string of the molecule is O=C(CCl)Nc1ccc(NCCO)nc1. The summed E-state index contributed by atoms with van der Waals surface area (Å²) in [6, 6.07) is 3.41. The first kappa shape index (κ1) is 11.7. The molecule has 1 rings (SSSR count). The first-order valence-corrected chi connectivity index (χ1v) is 4.96. The molecule has 0 aromatic carbocycles. The summed E-state index contributed by atoms with van der Waals surface area (Å²) >= 11 is 5.33. The first-order valence-electron chi connectivity index (χ1n) is 4.43. The van der Waals surface area contributed by atoms with E-state index < -0.39 is 0 Å². The summed E-state index contributed by atoms with van der Waals surface area (Å²) in [5, 5.41) is 14.0. The second-order valence-electron chi connectivity index (χ2n) is 2.76. The highest BCUT2D eigenvalue weighted by atomic mass is 35.5. The molecular weight excluding hydrogens is 218 g/mol. The van der Waals surface area contributed by atoms with Crippen LogP contribution in [0, 0.1) is 0 Å². The van der Waals surface area contributed by atoms with Crippen molar-refractivity contribution in [2.45, 2.75) is 0 Å². The Bertz CT molecular complexity index is 316. The molecule has 0 saturated heterocycles. The molecule has 0 unspecified atom stereocenters. The van der Waals surface area contributed by atoms with Gasteiger partial charge in [0, 0.05) is 6.54 Å². The van der Waals surface area contributed by atoms with Crippen molar-refractivity contribution in [3.63, 3.8) is 0 Å². The molecule has 0 saturated carbocycles. The lowest BCUT2D eigenvalue weighted by molar-refractivity contribution is -0.113. The van der Waals surface area contributed by atoms with E-state index in [1.807, 2.05) is 0 Å². The Kier molecular flexibility index (Phi) is 4.86. The second kappa shape index (κ2) is 6.21. The summed E-state index contributed by atoms with van der Waals surface area (Å²) < 4.78 is 0. The number of carbonyl (C=O) groups is 1. The minimum absolute atomic E-state index is 0.0480. The van der Waals surface area contributed by atoms with Crippen LogP contribution in [0.2, 0.25) is 0 Å². The minimum Gasteiger partial charge on any atom is -0.395 e. The topological polar surface area (TPSA) is 74.2 Å². The van der Waals surface area contributed by atoms with Crippen LogP contribution in [0.15, 0.2) is 18.3 Å². The molecule has 0 radical (unpaired) electrons. The van der Waals surface area contributed by atoms with Crippen LogP contribution in [0.5, 0.6) is 0 Å². The highest BCUT2D eigenvalue weighted by molar-refractivity contribution is 6.29. The Morgan fingerprint density at radius 3 is 2.87 bits per heavy atom. The van der Waals surface area contributed by atoms with Crippen LogP contribution in [0.25, 0.3) is 0 Å². The molecule has 1 amide bonds. The number of anilines is 2. The monoisotopic (exact) mass is 229 g/mol. The van der Waals surface area contributed by atoms with Gasteiger partial charge in [-0.1, -0.05) is 0 Å². The van der Waals surface area contributed by atoms with Gasteiger partial charge in [0.25, 0.3) is 0 Å². The molecule has 5 nitrogen and oxygen atoms in total. The zero-order valence-corrected chi connectivity index (χ0v) is 8.79. The maximum Gasteiger partial charge on any atom is 0.239 e. The Labute approximate surface area is 92.5 Å². The Morgan fingerprint density at radius 1 is 1.53 bits per heavy atom. The molecule has 0 fully saturated rings. The fourth-order valence-corrected chi connectivity index (χ4v) is 1.02. The number of rotatable bonds is 5. The number of aliphatic hydroxyl groups is 1. The minimum atomic E-state index is -0.269. The van der Waals surface area contributed by atoms with Gasteiger partial charge in [-0.15, -0.1) is 11.6 Å². The number of nitrogens with one attached hydrogen (secondary N) is 2. The molecule has 0 aliphatic heterocycles. The molecule has 0 bridgehead atoms. The third-order valence-corrected chi connectivity index (χ3v) is 1.83.